The first-order valence-electron chi connectivity index (χ1n) is 6.45. The summed E-state index contributed by atoms with van der Waals surface area (Å²) in [7, 11) is -1.28. The van der Waals surface area contributed by atoms with Gasteiger partial charge in [-0.25, -0.2) is 4.21 Å². The molecule has 20 heavy (non-hydrogen) atoms. The smallest absolute Gasteiger partial charge is 0.0855 e. The molecule has 0 aliphatic rings. The molecule has 2 nitrogen and oxygen atoms in total. The average Bonchev–Trinajstić information content (AvgIpc) is 2.46. The van der Waals surface area contributed by atoms with Crippen molar-refractivity contribution in [1.82, 2.24) is 0 Å². The van der Waals surface area contributed by atoms with Crippen LogP contribution in [0.2, 0.25) is 0 Å². The SMILES string of the molecule is C=C(c1ccccc1[S@@](=O)c1ccc(C)cc1)[C@H](C)O. The molecule has 104 valence electrons. The zero-order chi connectivity index (χ0) is 14.7. The van der Waals surface area contributed by atoms with E-state index < -0.39 is 16.9 Å². The summed E-state index contributed by atoms with van der Waals surface area (Å²) in [4.78, 5) is 1.43. The molecule has 2 rings (SSSR count). The van der Waals surface area contributed by atoms with Crippen LogP contribution in [0.3, 0.4) is 0 Å². The number of aliphatic hydroxyl groups is 1. The van der Waals surface area contributed by atoms with Gasteiger partial charge < -0.3 is 5.11 Å². The van der Waals surface area contributed by atoms with Crippen LogP contribution in [-0.4, -0.2) is 15.4 Å². The van der Waals surface area contributed by atoms with Crippen LogP contribution in [0.25, 0.3) is 5.57 Å². The Morgan fingerprint density at radius 1 is 1.15 bits per heavy atom. The third kappa shape index (κ3) is 3.06. The largest absolute Gasteiger partial charge is 0.389 e. The average molecular weight is 286 g/mol. The van der Waals surface area contributed by atoms with E-state index in [2.05, 4.69) is 6.58 Å². The number of benzene rings is 2. The van der Waals surface area contributed by atoms with E-state index in [9.17, 15) is 9.32 Å². The van der Waals surface area contributed by atoms with Gasteiger partial charge >= 0.3 is 0 Å². The summed E-state index contributed by atoms with van der Waals surface area (Å²) in [6.45, 7) is 7.55. The fourth-order valence-corrected chi connectivity index (χ4v) is 3.15. The third-order valence-electron chi connectivity index (χ3n) is 3.17. The fourth-order valence-electron chi connectivity index (χ4n) is 1.91. The highest BCUT2D eigenvalue weighted by atomic mass is 32.2. The molecule has 0 aliphatic carbocycles. The number of hydrogen-bond acceptors (Lipinski definition) is 2. The van der Waals surface area contributed by atoms with Crippen LogP contribution in [0.4, 0.5) is 0 Å². The van der Waals surface area contributed by atoms with Gasteiger partial charge in [0.25, 0.3) is 0 Å². The summed E-state index contributed by atoms with van der Waals surface area (Å²) >= 11 is 0. The Labute approximate surface area is 122 Å². The molecule has 0 aliphatic heterocycles. The van der Waals surface area contributed by atoms with E-state index in [0.717, 1.165) is 16.0 Å². The van der Waals surface area contributed by atoms with Crippen LogP contribution in [0.1, 0.15) is 18.1 Å². The predicted octanol–water partition coefficient (Wildman–Crippen LogP) is 3.56. The van der Waals surface area contributed by atoms with Crippen LogP contribution in [0.5, 0.6) is 0 Å². The van der Waals surface area contributed by atoms with Crippen LogP contribution in [0.15, 0.2) is 64.9 Å². The quantitative estimate of drug-likeness (QED) is 0.933. The highest BCUT2D eigenvalue weighted by Crippen LogP contribution is 2.26. The van der Waals surface area contributed by atoms with Crippen molar-refractivity contribution in [3.05, 3.63) is 66.2 Å². The molecule has 0 aromatic heterocycles. The lowest BCUT2D eigenvalue weighted by molar-refractivity contribution is 0.253. The molecule has 2 aromatic carbocycles. The second-order valence-electron chi connectivity index (χ2n) is 4.78. The Hall–Kier alpha value is -1.71. The van der Waals surface area contributed by atoms with Crippen molar-refractivity contribution in [2.24, 2.45) is 0 Å². The second kappa shape index (κ2) is 6.16. The molecule has 1 N–H and O–H groups in total. The van der Waals surface area contributed by atoms with Crippen molar-refractivity contribution >= 4 is 16.4 Å². The van der Waals surface area contributed by atoms with E-state index in [1.54, 1.807) is 6.92 Å². The molecule has 0 saturated carbocycles. The molecule has 3 heteroatoms. The summed E-state index contributed by atoms with van der Waals surface area (Å²) in [5.41, 5.74) is 2.47. The molecule has 0 radical (unpaired) electrons. The molecule has 0 spiro atoms. The second-order valence-corrected chi connectivity index (χ2v) is 6.23. The Balaban J connectivity index is 2.45. The van der Waals surface area contributed by atoms with Crippen LogP contribution >= 0.6 is 0 Å². The van der Waals surface area contributed by atoms with E-state index in [-0.39, 0.29) is 0 Å². The van der Waals surface area contributed by atoms with E-state index >= 15 is 0 Å². The molecule has 0 fully saturated rings. The molecule has 2 aromatic rings. The summed E-state index contributed by atoms with van der Waals surface area (Å²) in [5, 5.41) is 9.69. The van der Waals surface area contributed by atoms with Gasteiger partial charge in [-0.2, -0.15) is 0 Å². The summed E-state index contributed by atoms with van der Waals surface area (Å²) < 4.78 is 12.7. The highest BCUT2D eigenvalue weighted by molar-refractivity contribution is 7.85. The van der Waals surface area contributed by atoms with Gasteiger partial charge in [0.2, 0.25) is 0 Å². The predicted molar refractivity (Wildman–Crippen MR) is 83.0 cm³/mol. The highest BCUT2D eigenvalue weighted by Gasteiger charge is 2.15. The van der Waals surface area contributed by atoms with Crippen molar-refractivity contribution < 1.29 is 9.32 Å². The molecular weight excluding hydrogens is 268 g/mol. The Kier molecular flexibility index (Phi) is 4.53. The Morgan fingerprint density at radius 3 is 2.35 bits per heavy atom. The molecule has 0 unspecified atom stereocenters. The minimum Gasteiger partial charge on any atom is -0.389 e. The Morgan fingerprint density at radius 2 is 1.75 bits per heavy atom. The van der Waals surface area contributed by atoms with Gasteiger partial charge in [-0.3, -0.25) is 0 Å². The number of hydrogen-bond donors (Lipinski definition) is 1. The maximum atomic E-state index is 12.7. The number of aliphatic hydroxyl groups excluding tert-OH is 1. The van der Waals surface area contributed by atoms with Crippen molar-refractivity contribution in [3.63, 3.8) is 0 Å². The fraction of sp³-hybridized carbons (Fsp3) is 0.176. The molecule has 2 atom stereocenters. The number of aryl methyl sites for hydroxylation is 1. The first-order chi connectivity index (χ1) is 9.50. The van der Waals surface area contributed by atoms with Crippen molar-refractivity contribution in [3.8, 4) is 0 Å². The van der Waals surface area contributed by atoms with Gasteiger partial charge in [0.1, 0.15) is 0 Å². The number of rotatable bonds is 4. The van der Waals surface area contributed by atoms with Crippen molar-refractivity contribution in [2.75, 3.05) is 0 Å². The van der Waals surface area contributed by atoms with E-state index in [1.807, 2.05) is 55.5 Å². The minimum atomic E-state index is -1.28. The Bertz CT molecular complexity index is 642. The van der Waals surface area contributed by atoms with Crippen LogP contribution in [-0.2, 0) is 10.8 Å². The van der Waals surface area contributed by atoms with Crippen LogP contribution < -0.4 is 0 Å². The van der Waals surface area contributed by atoms with Gasteiger partial charge in [-0.1, -0.05) is 42.5 Å². The summed E-state index contributed by atoms with van der Waals surface area (Å²) in [5.74, 6) is 0. The topological polar surface area (TPSA) is 37.3 Å². The molecule has 0 heterocycles. The lowest BCUT2D eigenvalue weighted by Gasteiger charge is -2.13. The third-order valence-corrected chi connectivity index (χ3v) is 4.63. The normalized spacial score (nSPS) is 13.8. The first-order valence-corrected chi connectivity index (χ1v) is 7.60. The van der Waals surface area contributed by atoms with Gasteiger partial charge in [-0.15, -0.1) is 0 Å². The zero-order valence-corrected chi connectivity index (χ0v) is 12.5. The molecule has 0 saturated heterocycles. The van der Waals surface area contributed by atoms with Gasteiger partial charge in [-0.05, 0) is 43.2 Å². The van der Waals surface area contributed by atoms with Crippen molar-refractivity contribution in [2.45, 2.75) is 29.7 Å². The van der Waals surface area contributed by atoms with Gasteiger partial charge in [0, 0.05) is 4.90 Å². The lowest BCUT2D eigenvalue weighted by atomic mass is 10.0. The van der Waals surface area contributed by atoms with Crippen LogP contribution in [0, 0.1) is 6.92 Å². The van der Waals surface area contributed by atoms with E-state index in [4.69, 9.17) is 0 Å². The van der Waals surface area contributed by atoms with Crippen molar-refractivity contribution in [1.29, 1.82) is 0 Å². The van der Waals surface area contributed by atoms with Gasteiger partial charge in [0.05, 0.1) is 21.8 Å². The monoisotopic (exact) mass is 286 g/mol. The lowest BCUT2D eigenvalue weighted by Crippen LogP contribution is -2.06. The molecule has 0 bridgehead atoms. The maximum absolute atomic E-state index is 12.7. The summed E-state index contributed by atoms with van der Waals surface area (Å²) in [6, 6.07) is 15.0. The molecular formula is C17H18O2S. The van der Waals surface area contributed by atoms with E-state index in [1.165, 1.54) is 0 Å². The molecule has 0 amide bonds. The minimum absolute atomic E-state index is 0.584. The first kappa shape index (κ1) is 14.7. The van der Waals surface area contributed by atoms with E-state index in [0.29, 0.717) is 10.5 Å². The zero-order valence-electron chi connectivity index (χ0n) is 11.7. The standard InChI is InChI=1S/C17H18O2S/c1-12-8-10-15(11-9-12)20(19)17-7-5-4-6-16(17)13(2)14(3)18/h4-11,14,18H,2H2,1,3H3/t14-,20-/m0/s1. The maximum Gasteiger partial charge on any atom is 0.0855 e. The van der Waals surface area contributed by atoms with Gasteiger partial charge in [0.15, 0.2) is 0 Å². The summed E-state index contributed by atoms with van der Waals surface area (Å²) in [6.07, 6.45) is -0.661.